The number of aromatic nitrogens is 2. The van der Waals surface area contributed by atoms with E-state index >= 15 is 0 Å². The third kappa shape index (κ3) is 5.73. The summed E-state index contributed by atoms with van der Waals surface area (Å²) in [6, 6.07) is 22.2. The molecular weight excluding hydrogens is 418 g/mol. The molecule has 4 rings (SSSR count). The number of nitrogens with one attached hydrogen (secondary N) is 2. The van der Waals surface area contributed by atoms with E-state index in [0.29, 0.717) is 23.0 Å². The summed E-state index contributed by atoms with van der Waals surface area (Å²) in [5.41, 5.74) is 1.15. The van der Waals surface area contributed by atoms with Gasteiger partial charge in [0.1, 0.15) is 11.6 Å². The monoisotopic (exact) mass is 447 g/mol. The Balaban J connectivity index is 1.54. The van der Waals surface area contributed by atoms with Gasteiger partial charge >= 0.3 is 0 Å². The van der Waals surface area contributed by atoms with E-state index in [-0.39, 0.29) is 6.04 Å². The number of hydrogen-bond acceptors (Lipinski definition) is 5. The summed E-state index contributed by atoms with van der Waals surface area (Å²) in [6.45, 7) is 5.27. The van der Waals surface area contributed by atoms with Crippen LogP contribution in [0.25, 0.3) is 0 Å². The maximum atomic E-state index is 6.04. The number of ether oxygens (including phenoxy) is 1. The predicted octanol–water partition coefficient (Wildman–Crippen LogP) is 5.70. The van der Waals surface area contributed by atoms with E-state index in [1.165, 1.54) is 6.42 Å². The highest BCUT2D eigenvalue weighted by Crippen LogP contribution is 2.28. The summed E-state index contributed by atoms with van der Waals surface area (Å²) in [4.78, 5) is 11.7. The van der Waals surface area contributed by atoms with Crippen molar-refractivity contribution in [3.8, 4) is 11.6 Å². The smallest absolute Gasteiger partial charge is 0.234 e. The summed E-state index contributed by atoms with van der Waals surface area (Å²) < 4.78 is 6.04. The first-order chi connectivity index (χ1) is 15.6. The van der Waals surface area contributed by atoms with Crippen molar-refractivity contribution < 1.29 is 4.74 Å². The Hall–Kier alpha value is -3.19. The lowest BCUT2D eigenvalue weighted by Crippen LogP contribution is -2.38. The first-order valence-corrected chi connectivity index (χ1v) is 11.5. The zero-order valence-electron chi connectivity index (χ0n) is 18.5. The van der Waals surface area contributed by atoms with E-state index in [2.05, 4.69) is 46.5 Å². The summed E-state index contributed by atoms with van der Waals surface area (Å²) in [6.07, 6.45) is 3.54. The molecule has 2 heterocycles. The molecule has 1 aliphatic rings. The van der Waals surface area contributed by atoms with Crippen LogP contribution >= 0.6 is 12.2 Å². The molecule has 166 valence electrons. The highest BCUT2D eigenvalue weighted by Gasteiger charge is 2.22. The van der Waals surface area contributed by atoms with E-state index in [1.54, 1.807) is 0 Å². The summed E-state index contributed by atoms with van der Waals surface area (Å²) in [5.74, 6) is 2.48. The minimum absolute atomic E-state index is 0.0570. The molecule has 6 nitrogen and oxygen atoms in total. The van der Waals surface area contributed by atoms with Gasteiger partial charge in [0.2, 0.25) is 11.8 Å². The van der Waals surface area contributed by atoms with Crippen molar-refractivity contribution in [2.75, 3.05) is 16.8 Å². The molecule has 1 aliphatic heterocycles. The minimum Gasteiger partial charge on any atom is -0.439 e. The quantitative estimate of drug-likeness (QED) is 0.470. The van der Waals surface area contributed by atoms with Crippen molar-refractivity contribution in [2.24, 2.45) is 0 Å². The van der Waals surface area contributed by atoms with Gasteiger partial charge in [-0.15, -0.1) is 0 Å². The number of anilines is 2. The normalized spacial score (nSPS) is 16.8. The van der Waals surface area contributed by atoms with E-state index in [9.17, 15) is 0 Å². The number of rotatable bonds is 6. The fourth-order valence-corrected chi connectivity index (χ4v) is 4.14. The largest absolute Gasteiger partial charge is 0.439 e. The van der Waals surface area contributed by atoms with Crippen LogP contribution in [0.3, 0.4) is 0 Å². The van der Waals surface area contributed by atoms with Gasteiger partial charge in [0.15, 0.2) is 5.11 Å². The van der Waals surface area contributed by atoms with E-state index < -0.39 is 0 Å². The molecule has 2 atom stereocenters. The lowest BCUT2D eigenvalue weighted by atomic mass is 10.0. The van der Waals surface area contributed by atoms with Gasteiger partial charge in [-0.1, -0.05) is 48.5 Å². The molecule has 1 aromatic heterocycles. The Morgan fingerprint density at radius 2 is 1.78 bits per heavy atom. The zero-order chi connectivity index (χ0) is 22.3. The fourth-order valence-electron chi connectivity index (χ4n) is 3.88. The van der Waals surface area contributed by atoms with Crippen LogP contribution < -0.4 is 20.3 Å². The zero-order valence-corrected chi connectivity index (χ0v) is 19.3. The second-order valence-electron chi connectivity index (χ2n) is 8.07. The van der Waals surface area contributed by atoms with E-state index in [1.807, 2.05) is 54.6 Å². The number of para-hydroxylation sites is 1. The average molecular weight is 448 g/mol. The third-order valence-corrected chi connectivity index (χ3v) is 5.84. The van der Waals surface area contributed by atoms with Crippen molar-refractivity contribution in [1.29, 1.82) is 0 Å². The van der Waals surface area contributed by atoms with Crippen LogP contribution in [0.4, 0.5) is 11.8 Å². The van der Waals surface area contributed by atoms with Gasteiger partial charge in [-0.3, -0.25) is 0 Å². The van der Waals surface area contributed by atoms with Crippen LogP contribution in [0.1, 0.15) is 44.7 Å². The molecule has 3 aromatic rings. The summed E-state index contributed by atoms with van der Waals surface area (Å²) in [5, 5.41) is 6.93. The van der Waals surface area contributed by atoms with Crippen molar-refractivity contribution >= 4 is 29.1 Å². The molecule has 32 heavy (non-hydrogen) atoms. The Kier molecular flexibility index (Phi) is 7.17. The van der Waals surface area contributed by atoms with Gasteiger partial charge < -0.3 is 20.3 Å². The predicted molar refractivity (Wildman–Crippen MR) is 133 cm³/mol. The topological polar surface area (TPSA) is 62.3 Å². The van der Waals surface area contributed by atoms with Crippen molar-refractivity contribution in [3.63, 3.8) is 0 Å². The van der Waals surface area contributed by atoms with E-state index in [0.717, 1.165) is 36.5 Å². The molecule has 0 aliphatic carbocycles. The SMILES string of the molecule is C[C@@H]1CCCCN1c1cc(Oc2ccccc2)nc(NC(=S)N[C@H](C)c2ccccc2)n1. The van der Waals surface area contributed by atoms with Gasteiger partial charge in [0, 0.05) is 18.7 Å². The maximum absolute atomic E-state index is 6.04. The van der Waals surface area contributed by atoms with Crippen LogP contribution in [0.2, 0.25) is 0 Å². The molecule has 1 saturated heterocycles. The molecule has 0 saturated carbocycles. The highest BCUT2D eigenvalue weighted by molar-refractivity contribution is 7.80. The van der Waals surface area contributed by atoms with Crippen molar-refractivity contribution in [2.45, 2.75) is 45.2 Å². The van der Waals surface area contributed by atoms with Gasteiger partial charge in [-0.25, -0.2) is 0 Å². The average Bonchev–Trinajstić information content (AvgIpc) is 2.80. The van der Waals surface area contributed by atoms with Crippen LogP contribution in [-0.4, -0.2) is 27.7 Å². The Bertz CT molecular complexity index is 1030. The lowest BCUT2D eigenvalue weighted by Gasteiger charge is -2.34. The van der Waals surface area contributed by atoms with Crippen LogP contribution in [-0.2, 0) is 0 Å². The standard InChI is InChI=1S/C25H29N5OS/c1-18-11-9-10-16-30(18)22-17-23(31-21-14-7-4-8-15-21)28-24(27-22)29-25(32)26-19(2)20-12-5-3-6-13-20/h3-8,12-15,17-19H,9-11,16H2,1-2H3,(H2,26,27,28,29,32)/t18-,19-/m1/s1. The summed E-state index contributed by atoms with van der Waals surface area (Å²) in [7, 11) is 0. The number of hydrogen-bond donors (Lipinski definition) is 2. The molecule has 1 fully saturated rings. The maximum Gasteiger partial charge on any atom is 0.234 e. The number of piperidine rings is 1. The fraction of sp³-hybridized carbons (Fsp3) is 0.320. The summed E-state index contributed by atoms with van der Waals surface area (Å²) >= 11 is 5.55. The molecule has 2 aromatic carbocycles. The third-order valence-electron chi connectivity index (χ3n) is 5.62. The van der Waals surface area contributed by atoms with Crippen LogP contribution in [0.5, 0.6) is 11.6 Å². The van der Waals surface area contributed by atoms with Gasteiger partial charge in [-0.05, 0) is 63.0 Å². The number of nitrogens with zero attached hydrogens (tertiary/aromatic N) is 3. The molecule has 7 heteroatoms. The van der Waals surface area contributed by atoms with Gasteiger partial charge in [0.25, 0.3) is 0 Å². The molecular formula is C25H29N5OS. The molecule has 0 bridgehead atoms. The van der Waals surface area contributed by atoms with Crippen LogP contribution in [0.15, 0.2) is 66.7 Å². The second kappa shape index (κ2) is 10.4. The molecule has 0 spiro atoms. The van der Waals surface area contributed by atoms with Crippen LogP contribution in [0, 0.1) is 0 Å². The first-order valence-electron chi connectivity index (χ1n) is 11.1. The Morgan fingerprint density at radius 3 is 2.50 bits per heavy atom. The number of thiocarbonyl (C=S) groups is 1. The minimum atomic E-state index is 0.0570. The second-order valence-corrected chi connectivity index (χ2v) is 8.48. The Morgan fingerprint density at radius 1 is 1.06 bits per heavy atom. The molecule has 2 N–H and O–H groups in total. The molecule has 0 radical (unpaired) electrons. The van der Waals surface area contributed by atoms with Crippen molar-refractivity contribution in [1.82, 2.24) is 15.3 Å². The van der Waals surface area contributed by atoms with Gasteiger partial charge in [0.05, 0.1) is 6.04 Å². The molecule has 0 unspecified atom stereocenters. The Labute approximate surface area is 195 Å². The number of benzene rings is 2. The van der Waals surface area contributed by atoms with E-state index in [4.69, 9.17) is 21.9 Å². The van der Waals surface area contributed by atoms with Gasteiger partial charge in [-0.2, -0.15) is 9.97 Å². The lowest BCUT2D eigenvalue weighted by molar-refractivity contribution is 0.457. The van der Waals surface area contributed by atoms with Crippen molar-refractivity contribution in [3.05, 3.63) is 72.3 Å². The first kappa shape index (κ1) is 22.0. The highest BCUT2D eigenvalue weighted by atomic mass is 32.1. The molecule has 0 amide bonds.